The minimum absolute atomic E-state index is 0.364. The van der Waals surface area contributed by atoms with Gasteiger partial charge in [0.05, 0.1) is 0 Å². The second-order valence-corrected chi connectivity index (χ2v) is 2.27. The van der Waals surface area contributed by atoms with Crippen LogP contribution in [-0.4, -0.2) is 6.61 Å². The number of benzene rings is 1. The number of rotatable bonds is 2. The highest BCUT2D eigenvalue weighted by Gasteiger charge is 1.96. The molecule has 0 atom stereocenters. The molecule has 1 rings (SSSR count). The zero-order chi connectivity index (χ0) is 8.97. The molecule has 0 fully saturated rings. The standard InChI is InChI=1S/C9H7F2O/c10-8-4-7(2-1-3-12)5-9(11)6-8/h1-2,4-6H,3H2/b2-1+. The van der Waals surface area contributed by atoms with Crippen molar-refractivity contribution >= 4 is 6.08 Å². The summed E-state index contributed by atoms with van der Waals surface area (Å²) in [5, 5.41) is 10.00. The molecule has 1 nitrogen and oxygen atoms in total. The number of hydrogen-bond donors (Lipinski definition) is 0. The summed E-state index contributed by atoms with van der Waals surface area (Å²) in [7, 11) is 0. The van der Waals surface area contributed by atoms with Crippen LogP contribution < -0.4 is 0 Å². The first kappa shape index (κ1) is 8.87. The maximum Gasteiger partial charge on any atom is 0.126 e. The molecule has 0 aliphatic rings. The molecule has 1 aromatic carbocycles. The molecule has 0 saturated carbocycles. The Labute approximate surface area is 69.0 Å². The van der Waals surface area contributed by atoms with Gasteiger partial charge in [0.25, 0.3) is 0 Å². The minimum atomic E-state index is -0.638. The van der Waals surface area contributed by atoms with E-state index in [1.54, 1.807) is 0 Å². The molecule has 0 aliphatic carbocycles. The molecule has 0 amide bonds. The van der Waals surface area contributed by atoms with Gasteiger partial charge in [-0.25, -0.2) is 13.9 Å². The van der Waals surface area contributed by atoms with Crippen molar-refractivity contribution in [3.63, 3.8) is 0 Å². The van der Waals surface area contributed by atoms with Crippen molar-refractivity contribution in [2.45, 2.75) is 0 Å². The van der Waals surface area contributed by atoms with Crippen molar-refractivity contribution in [1.82, 2.24) is 0 Å². The largest absolute Gasteiger partial charge is 0.232 e. The molecule has 0 heterocycles. The summed E-state index contributed by atoms with van der Waals surface area (Å²) < 4.78 is 25.0. The summed E-state index contributed by atoms with van der Waals surface area (Å²) in [6.45, 7) is -0.391. The lowest BCUT2D eigenvalue weighted by molar-refractivity contribution is 0.233. The lowest BCUT2D eigenvalue weighted by Gasteiger charge is -1.93. The normalized spacial score (nSPS) is 10.9. The molecule has 63 valence electrons. The highest BCUT2D eigenvalue weighted by molar-refractivity contribution is 5.49. The predicted octanol–water partition coefficient (Wildman–Crippen LogP) is 2.41. The van der Waals surface area contributed by atoms with Gasteiger partial charge in [-0.1, -0.05) is 12.2 Å². The van der Waals surface area contributed by atoms with Crippen molar-refractivity contribution < 1.29 is 13.9 Å². The van der Waals surface area contributed by atoms with Crippen LogP contribution in [0, 0.1) is 11.6 Å². The zero-order valence-electron chi connectivity index (χ0n) is 6.26. The first-order chi connectivity index (χ1) is 5.72. The molecule has 1 aromatic rings. The van der Waals surface area contributed by atoms with Crippen molar-refractivity contribution in [3.05, 3.63) is 41.5 Å². The summed E-state index contributed by atoms with van der Waals surface area (Å²) in [5.41, 5.74) is 0.364. The fourth-order valence-corrected chi connectivity index (χ4v) is 0.856. The van der Waals surface area contributed by atoms with Crippen LogP contribution >= 0.6 is 0 Å². The molecule has 0 spiro atoms. The Bertz CT molecular complexity index is 274. The molecule has 0 bridgehead atoms. The third-order valence-electron chi connectivity index (χ3n) is 1.29. The Balaban J connectivity index is 2.93. The molecule has 3 heteroatoms. The van der Waals surface area contributed by atoms with E-state index in [0.717, 1.165) is 18.2 Å². The lowest BCUT2D eigenvalue weighted by Crippen LogP contribution is -1.81. The Hall–Kier alpha value is -1.22. The number of hydrogen-bond acceptors (Lipinski definition) is 0. The summed E-state index contributed by atoms with van der Waals surface area (Å²) >= 11 is 0. The Morgan fingerprint density at radius 3 is 2.25 bits per heavy atom. The monoisotopic (exact) mass is 169 g/mol. The maximum absolute atomic E-state index is 12.5. The van der Waals surface area contributed by atoms with E-state index in [4.69, 9.17) is 0 Å². The Morgan fingerprint density at radius 1 is 1.17 bits per heavy atom. The average Bonchev–Trinajstić information content (AvgIpc) is 1.99. The van der Waals surface area contributed by atoms with Crippen LogP contribution in [0.4, 0.5) is 8.78 Å². The van der Waals surface area contributed by atoms with Gasteiger partial charge in [0.15, 0.2) is 0 Å². The smallest absolute Gasteiger partial charge is 0.126 e. The lowest BCUT2D eigenvalue weighted by atomic mass is 10.2. The molecule has 0 aliphatic heterocycles. The molecule has 0 saturated heterocycles. The van der Waals surface area contributed by atoms with E-state index < -0.39 is 18.2 Å². The second-order valence-electron chi connectivity index (χ2n) is 2.27. The predicted molar refractivity (Wildman–Crippen MR) is 40.9 cm³/mol. The van der Waals surface area contributed by atoms with Crippen LogP contribution in [0.5, 0.6) is 0 Å². The Morgan fingerprint density at radius 2 is 1.75 bits per heavy atom. The number of halogens is 2. The van der Waals surface area contributed by atoms with E-state index in [9.17, 15) is 13.9 Å². The fourth-order valence-electron chi connectivity index (χ4n) is 0.856. The zero-order valence-corrected chi connectivity index (χ0v) is 6.26. The van der Waals surface area contributed by atoms with Crippen LogP contribution in [0.25, 0.3) is 6.08 Å². The molecular weight excluding hydrogens is 162 g/mol. The van der Waals surface area contributed by atoms with Crippen LogP contribution in [0.1, 0.15) is 5.56 Å². The van der Waals surface area contributed by atoms with Crippen molar-refractivity contribution in [2.24, 2.45) is 0 Å². The topological polar surface area (TPSA) is 19.9 Å². The van der Waals surface area contributed by atoms with Crippen molar-refractivity contribution in [3.8, 4) is 0 Å². The molecule has 1 radical (unpaired) electrons. The van der Waals surface area contributed by atoms with Gasteiger partial charge in [-0.15, -0.1) is 0 Å². The SMILES string of the molecule is [O]C/C=C/c1cc(F)cc(F)c1. The first-order valence-corrected chi connectivity index (χ1v) is 3.43. The van der Waals surface area contributed by atoms with E-state index in [1.807, 2.05) is 0 Å². The first-order valence-electron chi connectivity index (χ1n) is 3.43. The van der Waals surface area contributed by atoms with Gasteiger partial charge in [0, 0.05) is 6.07 Å². The highest BCUT2D eigenvalue weighted by Crippen LogP contribution is 2.08. The molecule has 0 N–H and O–H groups in total. The van der Waals surface area contributed by atoms with E-state index in [-0.39, 0.29) is 0 Å². The Kier molecular flexibility index (Phi) is 2.94. The van der Waals surface area contributed by atoms with Crippen LogP contribution in [0.2, 0.25) is 0 Å². The maximum atomic E-state index is 12.5. The van der Waals surface area contributed by atoms with Gasteiger partial charge in [-0.3, -0.25) is 0 Å². The van der Waals surface area contributed by atoms with Crippen LogP contribution in [-0.2, 0) is 5.11 Å². The summed E-state index contributed by atoms with van der Waals surface area (Å²) in [5.74, 6) is -1.28. The molecule has 12 heavy (non-hydrogen) atoms. The van der Waals surface area contributed by atoms with E-state index in [2.05, 4.69) is 0 Å². The van der Waals surface area contributed by atoms with E-state index in [0.29, 0.717) is 5.56 Å². The van der Waals surface area contributed by atoms with Crippen LogP contribution in [0.3, 0.4) is 0 Å². The summed E-state index contributed by atoms with van der Waals surface area (Å²) in [6.07, 6.45) is 2.69. The van der Waals surface area contributed by atoms with Gasteiger partial charge in [0.1, 0.15) is 18.2 Å². The summed E-state index contributed by atoms with van der Waals surface area (Å²) in [6, 6.07) is 3.11. The third kappa shape index (κ3) is 2.43. The minimum Gasteiger partial charge on any atom is -0.232 e. The second kappa shape index (κ2) is 3.97. The van der Waals surface area contributed by atoms with Crippen molar-refractivity contribution in [2.75, 3.05) is 6.61 Å². The average molecular weight is 169 g/mol. The van der Waals surface area contributed by atoms with Gasteiger partial charge < -0.3 is 0 Å². The van der Waals surface area contributed by atoms with Gasteiger partial charge in [-0.05, 0) is 17.7 Å². The van der Waals surface area contributed by atoms with Gasteiger partial charge >= 0.3 is 0 Å². The molecule has 0 aromatic heterocycles. The molecular formula is C9H7F2O. The van der Waals surface area contributed by atoms with E-state index in [1.165, 1.54) is 12.2 Å². The summed E-state index contributed by atoms with van der Waals surface area (Å²) in [4.78, 5) is 0. The van der Waals surface area contributed by atoms with Crippen LogP contribution in [0.15, 0.2) is 24.3 Å². The quantitative estimate of drug-likeness (QED) is 0.647. The molecule has 0 unspecified atom stereocenters. The van der Waals surface area contributed by atoms with Gasteiger partial charge in [-0.2, -0.15) is 0 Å². The van der Waals surface area contributed by atoms with Gasteiger partial charge in [0.2, 0.25) is 0 Å². The highest BCUT2D eigenvalue weighted by atomic mass is 19.1. The van der Waals surface area contributed by atoms with E-state index >= 15 is 0 Å². The van der Waals surface area contributed by atoms with Crippen molar-refractivity contribution in [1.29, 1.82) is 0 Å². The fraction of sp³-hybridized carbons (Fsp3) is 0.111. The third-order valence-corrected chi connectivity index (χ3v) is 1.29.